The second-order valence-electron chi connectivity index (χ2n) is 5.10. The topological polar surface area (TPSA) is 80.5 Å². The molecule has 1 heterocycles. The van der Waals surface area contributed by atoms with Crippen LogP contribution in [0.25, 0.3) is 0 Å². The zero-order valence-electron chi connectivity index (χ0n) is 10.4. The summed E-state index contributed by atoms with van der Waals surface area (Å²) >= 11 is 0. The zero-order chi connectivity index (χ0) is 12.5. The Morgan fingerprint density at radius 3 is 2.33 bits per heavy atom. The third-order valence-electron chi connectivity index (χ3n) is 3.71. The van der Waals surface area contributed by atoms with Crippen molar-refractivity contribution in [3.63, 3.8) is 0 Å². The number of hydrogen-bond donors (Lipinski definition) is 1. The number of nitrogens with two attached hydrogens (primary N) is 1. The van der Waals surface area contributed by atoms with Gasteiger partial charge in [0.1, 0.15) is 5.75 Å². The van der Waals surface area contributed by atoms with Gasteiger partial charge in [0, 0.05) is 19.1 Å². The van der Waals surface area contributed by atoms with Gasteiger partial charge in [-0.2, -0.15) is 0 Å². The number of carbonyl (C=O) groups is 1. The average molecular weight is 297 g/mol. The minimum Gasteiger partial charge on any atom is -0.340 e. The Balaban J connectivity index is 0.00000162. The molecule has 7 heteroatoms. The van der Waals surface area contributed by atoms with E-state index in [0.717, 1.165) is 32.1 Å². The number of nitrogens with zero attached hydrogens (tertiary/aromatic N) is 1. The van der Waals surface area contributed by atoms with Crippen LogP contribution in [0.4, 0.5) is 0 Å². The van der Waals surface area contributed by atoms with Crippen LogP contribution >= 0.6 is 12.4 Å². The minimum atomic E-state index is -3.25. The normalized spacial score (nSPS) is 25.2. The van der Waals surface area contributed by atoms with Crippen molar-refractivity contribution in [2.45, 2.75) is 43.4 Å². The molecular weight excluding hydrogens is 276 g/mol. The Hall–Kier alpha value is -0.330. The SMILES string of the molecule is Cl.N[C@@H]1CCN(C(=O)CS(=O)(=O)C2CCCC2)C1. The minimum absolute atomic E-state index is 0. The van der Waals surface area contributed by atoms with E-state index in [1.165, 1.54) is 0 Å². The number of sulfone groups is 1. The van der Waals surface area contributed by atoms with Crippen LogP contribution in [0.15, 0.2) is 0 Å². The molecule has 5 nitrogen and oxygen atoms in total. The van der Waals surface area contributed by atoms with E-state index < -0.39 is 9.84 Å². The highest BCUT2D eigenvalue weighted by Crippen LogP contribution is 2.25. The van der Waals surface area contributed by atoms with Gasteiger partial charge in [-0.15, -0.1) is 12.4 Å². The van der Waals surface area contributed by atoms with Gasteiger partial charge in [0.05, 0.1) is 5.25 Å². The second-order valence-corrected chi connectivity index (χ2v) is 7.38. The molecule has 1 saturated heterocycles. The molecule has 0 aromatic heterocycles. The molecule has 0 spiro atoms. The molecule has 1 aliphatic heterocycles. The van der Waals surface area contributed by atoms with Gasteiger partial charge in [0.15, 0.2) is 9.84 Å². The van der Waals surface area contributed by atoms with Crippen LogP contribution in [0, 0.1) is 0 Å². The zero-order valence-corrected chi connectivity index (χ0v) is 12.0. The molecule has 0 unspecified atom stereocenters. The summed E-state index contributed by atoms with van der Waals surface area (Å²) in [6, 6.07) is 0.00753. The quantitative estimate of drug-likeness (QED) is 0.813. The molecule has 2 N–H and O–H groups in total. The molecule has 1 atom stereocenters. The lowest BCUT2D eigenvalue weighted by Crippen LogP contribution is -2.38. The van der Waals surface area contributed by atoms with Gasteiger partial charge < -0.3 is 10.6 Å². The number of amides is 1. The first-order chi connectivity index (χ1) is 7.99. The van der Waals surface area contributed by atoms with Crippen molar-refractivity contribution < 1.29 is 13.2 Å². The number of halogens is 1. The molecule has 18 heavy (non-hydrogen) atoms. The monoisotopic (exact) mass is 296 g/mol. The Kier molecular flexibility index (Phi) is 5.43. The predicted molar refractivity (Wildman–Crippen MR) is 72.5 cm³/mol. The van der Waals surface area contributed by atoms with Crippen molar-refractivity contribution in [1.29, 1.82) is 0 Å². The molecule has 2 aliphatic rings. The van der Waals surface area contributed by atoms with Crippen molar-refractivity contribution in [3.8, 4) is 0 Å². The molecule has 106 valence electrons. The van der Waals surface area contributed by atoms with Gasteiger partial charge >= 0.3 is 0 Å². The third-order valence-corrected chi connectivity index (χ3v) is 5.85. The molecule has 1 saturated carbocycles. The third kappa shape index (κ3) is 3.59. The van der Waals surface area contributed by atoms with Gasteiger partial charge in [0.25, 0.3) is 0 Å². The van der Waals surface area contributed by atoms with Crippen molar-refractivity contribution in [1.82, 2.24) is 4.90 Å². The van der Waals surface area contributed by atoms with Gasteiger partial charge in [-0.1, -0.05) is 12.8 Å². The summed E-state index contributed by atoms with van der Waals surface area (Å²) in [5.41, 5.74) is 5.71. The summed E-state index contributed by atoms with van der Waals surface area (Å²) < 4.78 is 24.0. The number of likely N-dealkylation sites (tertiary alicyclic amines) is 1. The smallest absolute Gasteiger partial charge is 0.237 e. The van der Waals surface area contributed by atoms with E-state index in [9.17, 15) is 13.2 Å². The summed E-state index contributed by atoms with van der Waals surface area (Å²) in [7, 11) is -3.25. The highest BCUT2D eigenvalue weighted by molar-refractivity contribution is 7.92. The maximum atomic E-state index is 12.0. The summed E-state index contributed by atoms with van der Waals surface area (Å²) in [5, 5.41) is -0.289. The van der Waals surface area contributed by atoms with Crippen LogP contribution in [-0.2, 0) is 14.6 Å². The van der Waals surface area contributed by atoms with Gasteiger partial charge in [-0.3, -0.25) is 4.79 Å². The lowest BCUT2D eigenvalue weighted by molar-refractivity contribution is -0.127. The Morgan fingerprint density at radius 1 is 1.22 bits per heavy atom. The van der Waals surface area contributed by atoms with E-state index in [1.54, 1.807) is 4.90 Å². The number of hydrogen-bond acceptors (Lipinski definition) is 4. The van der Waals surface area contributed by atoms with E-state index in [4.69, 9.17) is 5.73 Å². The number of rotatable bonds is 3. The van der Waals surface area contributed by atoms with E-state index in [-0.39, 0.29) is 35.4 Å². The molecule has 0 bridgehead atoms. The van der Waals surface area contributed by atoms with Crippen LogP contribution < -0.4 is 5.73 Å². The first kappa shape index (κ1) is 15.7. The summed E-state index contributed by atoms with van der Waals surface area (Å²) in [6.07, 6.45) is 4.14. The van der Waals surface area contributed by atoms with E-state index in [2.05, 4.69) is 0 Å². The maximum Gasteiger partial charge on any atom is 0.237 e. The first-order valence-electron chi connectivity index (χ1n) is 6.24. The highest BCUT2D eigenvalue weighted by Gasteiger charge is 2.33. The Labute approximate surface area is 114 Å². The molecule has 0 aromatic carbocycles. The van der Waals surface area contributed by atoms with Crippen molar-refractivity contribution in [2.24, 2.45) is 5.73 Å². The summed E-state index contributed by atoms with van der Waals surface area (Å²) in [4.78, 5) is 13.4. The van der Waals surface area contributed by atoms with E-state index in [1.807, 2.05) is 0 Å². The van der Waals surface area contributed by atoms with Crippen LogP contribution in [-0.4, -0.2) is 49.4 Å². The van der Waals surface area contributed by atoms with Crippen molar-refractivity contribution in [3.05, 3.63) is 0 Å². The Bertz CT molecular complexity index is 393. The molecule has 0 aromatic rings. The molecule has 1 amide bonds. The summed E-state index contributed by atoms with van der Waals surface area (Å²) in [6.45, 7) is 1.10. The molecular formula is C11H21ClN2O3S. The molecule has 2 fully saturated rings. The maximum absolute atomic E-state index is 12.0. The second kappa shape index (κ2) is 6.21. The lowest BCUT2D eigenvalue weighted by atomic mass is 10.3. The molecule has 1 aliphatic carbocycles. The number of carbonyl (C=O) groups excluding carboxylic acids is 1. The van der Waals surface area contributed by atoms with Crippen LogP contribution in [0.5, 0.6) is 0 Å². The van der Waals surface area contributed by atoms with Crippen molar-refractivity contribution in [2.75, 3.05) is 18.8 Å². The van der Waals surface area contributed by atoms with Crippen LogP contribution in [0.1, 0.15) is 32.1 Å². The fraction of sp³-hybridized carbons (Fsp3) is 0.909. The van der Waals surface area contributed by atoms with Gasteiger partial charge in [-0.25, -0.2) is 8.42 Å². The van der Waals surface area contributed by atoms with Crippen LogP contribution in [0.3, 0.4) is 0 Å². The Morgan fingerprint density at radius 2 is 1.83 bits per heavy atom. The summed E-state index contributed by atoms with van der Waals surface area (Å²) in [5.74, 6) is -0.602. The van der Waals surface area contributed by atoms with Gasteiger partial charge in [0.2, 0.25) is 5.91 Å². The lowest BCUT2D eigenvalue weighted by Gasteiger charge is -2.17. The fourth-order valence-electron chi connectivity index (χ4n) is 2.64. The standard InChI is InChI=1S/C11H20N2O3S.ClH/c12-9-5-6-13(7-9)11(14)8-17(15,16)10-3-1-2-4-10;/h9-10H,1-8,12H2;1H/t9-;/m1./s1. The predicted octanol–water partition coefficient (Wildman–Crippen LogP) is 0.325. The van der Waals surface area contributed by atoms with E-state index >= 15 is 0 Å². The first-order valence-corrected chi connectivity index (χ1v) is 7.95. The van der Waals surface area contributed by atoms with Crippen molar-refractivity contribution >= 4 is 28.2 Å². The molecule has 0 radical (unpaired) electrons. The fourth-order valence-corrected chi connectivity index (χ4v) is 4.46. The van der Waals surface area contributed by atoms with E-state index in [0.29, 0.717) is 13.1 Å². The highest BCUT2D eigenvalue weighted by atomic mass is 35.5. The van der Waals surface area contributed by atoms with Crippen LogP contribution in [0.2, 0.25) is 0 Å². The molecule has 2 rings (SSSR count). The van der Waals surface area contributed by atoms with Gasteiger partial charge in [-0.05, 0) is 19.3 Å². The average Bonchev–Trinajstić information content (AvgIpc) is 2.86. The largest absolute Gasteiger partial charge is 0.340 e.